The molecule has 2 aromatic carbocycles. The fourth-order valence-corrected chi connectivity index (χ4v) is 3.89. The fourth-order valence-electron chi connectivity index (χ4n) is 3.61. The minimum Gasteiger partial charge on any atom is -0.492 e. The highest BCUT2D eigenvalue weighted by Gasteiger charge is 2.16. The second kappa shape index (κ2) is 9.45. The van der Waals surface area contributed by atoms with Crippen molar-refractivity contribution in [3.05, 3.63) is 69.7 Å². The van der Waals surface area contributed by atoms with Gasteiger partial charge in [-0.3, -0.25) is 18.7 Å². The third kappa shape index (κ3) is 4.40. The van der Waals surface area contributed by atoms with Crippen LogP contribution in [0.3, 0.4) is 0 Å². The molecule has 4 aromatic rings. The molecule has 2 heterocycles. The highest BCUT2D eigenvalue weighted by Crippen LogP contribution is 2.15. The number of fused-ring (bicyclic) bond motifs is 3. The molecular formula is C23H27N5O2S. The highest BCUT2D eigenvalue weighted by molar-refractivity contribution is 7.71. The largest absolute Gasteiger partial charge is 0.492 e. The molecule has 2 aromatic heterocycles. The Kier molecular flexibility index (Phi) is 6.48. The van der Waals surface area contributed by atoms with E-state index in [0.717, 1.165) is 24.1 Å². The molecular weight excluding hydrogens is 410 g/mol. The number of rotatable bonds is 9. The summed E-state index contributed by atoms with van der Waals surface area (Å²) >= 11 is 5.77. The molecule has 0 atom stereocenters. The first-order chi connectivity index (χ1) is 15.1. The number of ether oxygens (including phenoxy) is 1. The normalized spacial score (nSPS) is 11.6. The maximum absolute atomic E-state index is 13.1. The Morgan fingerprint density at radius 1 is 1.10 bits per heavy atom. The Labute approximate surface area is 186 Å². The van der Waals surface area contributed by atoms with Crippen LogP contribution in [0.5, 0.6) is 5.75 Å². The molecule has 0 N–H and O–H groups in total. The average molecular weight is 438 g/mol. The molecule has 0 radical (unpaired) electrons. The van der Waals surface area contributed by atoms with Crippen LogP contribution >= 0.6 is 12.2 Å². The lowest BCUT2D eigenvalue weighted by molar-refractivity contribution is 0.198. The summed E-state index contributed by atoms with van der Waals surface area (Å²) in [6.45, 7) is 4.52. The summed E-state index contributed by atoms with van der Waals surface area (Å²) in [5.74, 6) is 1.45. The van der Waals surface area contributed by atoms with E-state index >= 15 is 0 Å². The SMILES string of the molecule is CCCCn1c(=O)c2ccccc2n2c(=S)n(CN(C)CCOc3ccccc3)nc12. The predicted molar refractivity (Wildman–Crippen MR) is 125 cm³/mol. The molecule has 162 valence electrons. The number of likely N-dealkylation sites (N-methyl/N-ethyl adjacent to an activating group) is 1. The van der Waals surface area contributed by atoms with Crippen LogP contribution in [0.1, 0.15) is 19.8 Å². The van der Waals surface area contributed by atoms with E-state index in [0.29, 0.717) is 42.3 Å². The second-order valence-electron chi connectivity index (χ2n) is 7.63. The number of aryl methyl sites for hydroxylation is 1. The highest BCUT2D eigenvalue weighted by atomic mass is 32.1. The minimum atomic E-state index is -0.0201. The van der Waals surface area contributed by atoms with E-state index in [1.54, 1.807) is 9.25 Å². The summed E-state index contributed by atoms with van der Waals surface area (Å²) in [6.07, 6.45) is 1.90. The van der Waals surface area contributed by atoms with Gasteiger partial charge in [0.15, 0.2) is 0 Å². The number of unbranched alkanes of at least 4 members (excludes halogenated alkanes) is 1. The number of aromatic nitrogens is 4. The van der Waals surface area contributed by atoms with E-state index in [1.165, 1.54) is 0 Å². The van der Waals surface area contributed by atoms with Crippen LogP contribution in [-0.2, 0) is 13.2 Å². The molecule has 0 bridgehead atoms. The van der Waals surface area contributed by atoms with Gasteiger partial charge in [-0.15, -0.1) is 5.10 Å². The molecule has 7 nitrogen and oxygen atoms in total. The Balaban J connectivity index is 1.63. The van der Waals surface area contributed by atoms with E-state index in [4.69, 9.17) is 22.1 Å². The van der Waals surface area contributed by atoms with Crippen molar-refractivity contribution in [3.63, 3.8) is 0 Å². The molecule has 0 fully saturated rings. The van der Waals surface area contributed by atoms with Crippen molar-refractivity contribution in [2.45, 2.75) is 33.0 Å². The number of para-hydroxylation sites is 2. The zero-order valence-corrected chi connectivity index (χ0v) is 18.7. The fraction of sp³-hybridized carbons (Fsp3) is 0.348. The van der Waals surface area contributed by atoms with Crippen LogP contribution in [0.2, 0.25) is 0 Å². The van der Waals surface area contributed by atoms with E-state index in [1.807, 2.05) is 66.0 Å². The molecule has 0 spiro atoms. The van der Waals surface area contributed by atoms with Gasteiger partial charge in [0.05, 0.1) is 17.6 Å². The van der Waals surface area contributed by atoms with Gasteiger partial charge in [-0.05, 0) is 50.0 Å². The molecule has 8 heteroatoms. The summed E-state index contributed by atoms with van der Waals surface area (Å²) in [4.78, 5) is 15.2. The van der Waals surface area contributed by atoms with Crippen LogP contribution in [0, 0.1) is 4.77 Å². The van der Waals surface area contributed by atoms with Gasteiger partial charge < -0.3 is 4.74 Å². The smallest absolute Gasteiger partial charge is 0.262 e. The van der Waals surface area contributed by atoms with Gasteiger partial charge in [-0.1, -0.05) is 43.7 Å². The Hall–Kier alpha value is -2.97. The predicted octanol–water partition coefficient (Wildman–Crippen LogP) is 3.95. The summed E-state index contributed by atoms with van der Waals surface area (Å²) in [7, 11) is 2.00. The van der Waals surface area contributed by atoms with Crippen LogP contribution in [0.15, 0.2) is 59.4 Å². The maximum atomic E-state index is 13.1. The molecule has 0 saturated carbocycles. The van der Waals surface area contributed by atoms with Crippen molar-refractivity contribution in [2.24, 2.45) is 0 Å². The number of nitrogens with zero attached hydrogens (tertiary/aromatic N) is 5. The van der Waals surface area contributed by atoms with E-state index in [-0.39, 0.29) is 5.56 Å². The first-order valence-electron chi connectivity index (χ1n) is 10.6. The van der Waals surface area contributed by atoms with E-state index < -0.39 is 0 Å². The quantitative estimate of drug-likeness (QED) is 0.371. The Bertz CT molecular complexity index is 1290. The van der Waals surface area contributed by atoms with E-state index in [9.17, 15) is 4.79 Å². The second-order valence-corrected chi connectivity index (χ2v) is 7.99. The topological polar surface area (TPSA) is 56.7 Å². The Morgan fingerprint density at radius 3 is 2.61 bits per heavy atom. The third-order valence-corrected chi connectivity index (χ3v) is 5.67. The van der Waals surface area contributed by atoms with Gasteiger partial charge in [0, 0.05) is 13.1 Å². The average Bonchev–Trinajstić information content (AvgIpc) is 3.10. The lowest BCUT2D eigenvalue weighted by Gasteiger charge is -2.16. The molecule has 31 heavy (non-hydrogen) atoms. The summed E-state index contributed by atoms with van der Waals surface area (Å²) in [5, 5.41) is 5.40. The molecule has 0 aliphatic carbocycles. The third-order valence-electron chi connectivity index (χ3n) is 5.28. The van der Waals surface area contributed by atoms with Crippen LogP contribution in [-0.4, -0.2) is 43.8 Å². The zero-order chi connectivity index (χ0) is 21.8. The standard InChI is InChI=1S/C23H27N5O2S/c1-3-4-14-26-21(29)19-12-8-9-13-20(19)28-22(26)24-27(23(28)31)17-25(2)15-16-30-18-10-6-5-7-11-18/h5-13H,3-4,14-17H2,1-2H3. The van der Waals surface area contributed by atoms with Gasteiger partial charge in [0.1, 0.15) is 12.4 Å². The summed E-state index contributed by atoms with van der Waals surface area (Å²) in [6, 6.07) is 17.3. The Morgan fingerprint density at radius 2 is 1.84 bits per heavy atom. The van der Waals surface area contributed by atoms with Gasteiger partial charge in [-0.25, -0.2) is 4.68 Å². The lowest BCUT2D eigenvalue weighted by atomic mass is 10.2. The first kappa shape index (κ1) is 21.3. The maximum Gasteiger partial charge on any atom is 0.262 e. The van der Waals surface area contributed by atoms with Crippen molar-refractivity contribution in [1.82, 2.24) is 23.6 Å². The van der Waals surface area contributed by atoms with Crippen molar-refractivity contribution in [3.8, 4) is 5.75 Å². The first-order valence-corrected chi connectivity index (χ1v) is 11.0. The number of hydrogen-bond acceptors (Lipinski definition) is 5. The lowest BCUT2D eigenvalue weighted by Crippen LogP contribution is -2.27. The number of hydrogen-bond donors (Lipinski definition) is 0. The van der Waals surface area contributed by atoms with Gasteiger partial charge in [0.25, 0.3) is 5.56 Å². The van der Waals surface area contributed by atoms with Crippen molar-refractivity contribution in [2.75, 3.05) is 20.2 Å². The summed E-state index contributed by atoms with van der Waals surface area (Å²) in [5.41, 5.74) is 0.773. The molecule has 0 saturated heterocycles. The number of benzene rings is 2. The zero-order valence-electron chi connectivity index (χ0n) is 17.9. The van der Waals surface area contributed by atoms with E-state index in [2.05, 4.69) is 11.8 Å². The monoisotopic (exact) mass is 437 g/mol. The van der Waals surface area contributed by atoms with Crippen LogP contribution < -0.4 is 10.3 Å². The molecule has 4 rings (SSSR count). The molecule has 0 aliphatic heterocycles. The molecule has 0 aliphatic rings. The van der Waals surface area contributed by atoms with Crippen LogP contribution in [0.25, 0.3) is 16.7 Å². The van der Waals surface area contributed by atoms with Crippen molar-refractivity contribution in [1.29, 1.82) is 0 Å². The van der Waals surface area contributed by atoms with Gasteiger partial charge >= 0.3 is 0 Å². The van der Waals surface area contributed by atoms with Crippen molar-refractivity contribution < 1.29 is 4.74 Å². The molecule has 0 amide bonds. The van der Waals surface area contributed by atoms with Gasteiger partial charge in [0.2, 0.25) is 10.5 Å². The van der Waals surface area contributed by atoms with Crippen LogP contribution in [0.4, 0.5) is 0 Å². The van der Waals surface area contributed by atoms with Gasteiger partial charge in [-0.2, -0.15) is 0 Å². The van der Waals surface area contributed by atoms with Crippen molar-refractivity contribution >= 4 is 28.9 Å². The molecule has 0 unspecified atom stereocenters. The minimum absolute atomic E-state index is 0.0201. The summed E-state index contributed by atoms with van der Waals surface area (Å²) < 4.78 is 11.8.